The summed E-state index contributed by atoms with van der Waals surface area (Å²) in [5, 5.41) is 9.96. The van der Waals surface area contributed by atoms with E-state index in [4.69, 9.17) is 18.6 Å². The van der Waals surface area contributed by atoms with Gasteiger partial charge < -0.3 is 23.7 Å². The second-order valence-electron chi connectivity index (χ2n) is 9.26. The van der Waals surface area contributed by atoms with Gasteiger partial charge >= 0.3 is 5.97 Å². The minimum atomic E-state index is -0.736. The van der Waals surface area contributed by atoms with Crippen LogP contribution in [-0.4, -0.2) is 30.6 Å². The number of Topliss-reactive ketones (excluding diaryl/α,β-unsaturated/α-hetero) is 1. The third-order valence-corrected chi connectivity index (χ3v) is 6.86. The van der Waals surface area contributed by atoms with Crippen molar-refractivity contribution in [2.75, 3.05) is 13.7 Å². The number of carbonyl (C=O) groups is 2. The zero-order valence-electron chi connectivity index (χ0n) is 21.9. The molecule has 2 unspecified atom stereocenters. The molecule has 1 aliphatic heterocycles. The van der Waals surface area contributed by atoms with E-state index in [-0.39, 0.29) is 23.9 Å². The molecule has 1 fully saturated rings. The molecule has 2 atom stereocenters. The fraction of sp³-hybridized carbons (Fsp3) is 0.188. The average Bonchev–Trinajstić information content (AvgIpc) is 3.52. The third-order valence-electron chi connectivity index (χ3n) is 6.86. The van der Waals surface area contributed by atoms with Crippen LogP contribution in [0.15, 0.2) is 100 Å². The number of fused-ring (bicyclic) bond motifs is 1. The third kappa shape index (κ3) is 4.79. The topological polar surface area (TPSA) is 95.2 Å². The molecule has 2 aromatic carbocycles. The Bertz CT molecular complexity index is 1550. The van der Waals surface area contributed by atoms with Crippen LogP contribution in [0, 0.1) is 5.92 Å². The summed E-state index contributed by atoms with van der Waals surface area (Å²) in [5.41, 5.74) is 3.09. The first-order valence-corrected chi connectivity index (χ1v) is 12.6. The first-order chi connectivity index (χ1) is 18.8. The zero-order chi connectivity index (χ0) is 27.7. The van der Waals surface area contributed by atoms with Gasteiger partial charge in [-0.3, -0.25) is 4.79 Å². The van der Waals surface area contributed by atoms with Crippen molar-refractivity contribution in [2.24, 2.45) is 5.92 Å². The molecular weight excluding hydrogens is 496 g/mol. The van der Waals surface area contributed by atoms with Gasteiger partial charge in [0.25, 0.3) is 0 Å². The Kier molecular flexibility index (Phi) is 6.98. The van der Waals surface area contributed by atoms with Gasteiger partial charge in [-0.2, -0.15) is 0 Å². The number of benzene rings is 2. The van der Waals surface area contributed by atoms with Gasteiger partial charge in [0.15, 0.2) is 5.76 Å². The fourth-order valence-electron chi connectivity index (χ4n) is 5.08. The van der Waals surface area contributed by atoms with Crippen LogP contribution in [0.4, 0.5) is 0 Å². The Morgan fingerprint density at radius 3 is 2.51 bits per heavy atom. The molecular formula is C32H28O7. The van der Waals surface area contributed by atoms with E-state index in [2.05, 4.69) is 6.58 Å². The van der Waals surface area contributed by atoms with Gasteiger partial charge in [-0.15, -0.1) is 0 Å². The van der Waals surface area contributed by atoms with E-state index in [9.17, 15) is 14.7 Å². The van der Waals surface area contributed by atoms with Crippen LogP contribution in [0.3, 0.4) is 0 Å². The Hall–Kier alpha value is -4.78. The van der Waals surface area contributed by atoms with Crippen LogP contribution in [0.1, 0.15) is 36.7 Å². The van der Waals surface area contributed by atoms with Crippen molar-refractivity contribution in [1.29, 1.82) is 0 Å². The Balaban J connectivity index is 1.52. The lowest BCUT2D eigenvalue weighted by molar-refractivity contribution is -0.139. The summed E-state index contributed by atoms with van der Waals surface area (Å²) in [4.78, 5) is 26.8. The SMILES string of the molecule is C=C(O)c1ccccc1-c1ccc(/C=C2\OC3=CC(C)=C(C(=O)OCC)C(c4ccc(OC)cc4)C3C2=O)o1. The van der Waals surface area contributed by atoms with Crippen LogP contribution in [-0.2, 0) is 19.1 Å². The molecule has 1 saturated heterocycles. The summed E-state index contributed by atoms with van der Waals surface area (Å²) < 4.78 is 22.7. The van der Waals surface area contributed by atoms with Crippen LogP contribution in [0.2, 0.25) is 0 Å². The molecule has 0 bridgehead atoms. The van der Waals surface area contributed by atoms with Gasteiger partial charge in [-0.25, -0.2) is 4.79 Å². The number of hydrogen-bond acceptors (Lipinski definition) is 7. The normalized spacial score (nSPS) is 19.4. The highest BCUT2D eigenvalue weighted by Gasteiger charge is 2.48. The van der Waals surface area contributed by atoms with Gasteiger partial charge in [0, 0.05) is 28.7 Å². The number of hydrogen-bond donors (Lipinski definition) is 1. The Labute approximate surface area is 226 Å². The Morgan fingerprint density at radius 1 is 1.08 bits per heavy atom. The van der Waals surface area contributed by atoms with E-state index in [1.54, 1.807) is 62.6 Å². The van der Waals surface area contributed by atoms with Crippen LogP contribution >= 0.6 is 0 Å². The Morgan fingerprint density at radius 2 is 1.82 bits per heavy atom. The molecule has 0 saturated carbocycles. The summed E-state index contributed by atoms with van der Waals surface area (Å²) in [6, 6.07) is 18.0. The summed E-state index contributed by atoms with van der Waals surface area (Å²) in [7, 11) is 1.58. The minimum absolute atomic E-state index is 0.0722. The van der Waals surface area contributed by atoms with E-state index >= 15 is 0 Å². The number of ketones is 1. The molecule has 3 aromatic rings. The molecule has 2 heterocycles. The lowest BCUT2D eigenvalue weighted by Gasteiger charge is -2.29. The van der Waals surface area contributed by atoms with Crippen molar-refractivity contribution in [3.8, 4) is 17.1 Å². The van der Waals surface area contributed by atoms with Crippen LogP contribution in [0.5, 0.6) is 5.75 Å². The predicted octanol–water partition coefficient (Wildman–Crippen LogP) is 6.60. The molecule has 7 heteroatoms. The number of methoxy groups -OCH3 is 1. The van der Waals surface area contributed by atoms with Crippen molar-refractivity contribution >= 4 is 23.6 Å². The monoisotopic (exact) mass is 524 g/mol. The van der Waals surface area contributed by atoms with Crippen LogP contribution < -0.4 is 4.74 Å². The average molecular weight is 525 g/mol. The quantitative estimate of drug-likeness (QED) is 0.211. The number of ether oxygens (including phenoxy) is 3. The maximum atomic E-state index is 13.8. The zero-order valence-corrected chi connectivity index (χ0v) is 21.9. The predicted molar refractivity (Wildman–Crippen MR) is 147 cm³/mol. The van der Waals surface area contributed by atoms with Crippen molar-refractivity contribution in [3.05, 3.63) is 113 Å². The van der Waals surface area contributed by atoms with E-state index in [0.29, 0.717) is 45.3 Å². The number of carbonyl (C=O) groups excluding carboxylic acids is 2. The first-order valence-electron chi connectivity index (χ1n) is 12.6. The number of allylic oxidation sites excluding steroid dienone is 4. The van der Waals surface area contributed by atoms with Gasteiger partial charge in [-0.05, 0) is 55.3 Å². The largest absolute Gasteiger partial charge is 0.508 e. The highest BCUT2D eigenvalue weighted by Crippen LogP contribution is 2.48. The van der Waals surface area contributed by atoms with Gasteiger partial charge in [0.1, 0.15) is 28.8 Å². The summed E-state index contributed by atoms with van der Waals surface area (Å²) in [6.07, 6.45) is 3.28. The lowest BCUT2D eigenvalue weighted by atomic mass is 9.73. The first kappa shape index (κ1) is 25.9. The van der Waals surface area contributed by atoms with Gasteiger partial charge in [0.2, 0.25) is 5.78 Å². The molecule has 39 heavy (non-hydrogen) atoms. The van der Waals surface area contributed by atoms with Crippen molar-refractivity contribution in [1.82, 2.24) is 0 Å². The molecule has 0 amide bonds. The molecule has 1 N–H and O–H groups in total. The maximum Gasteiger partial charge on any atom is 0.334 e. The molecule has 7 nitrogen and oxygen atoms in total. The van der Waals surface area contributed by atoms with E-state index in [1.807, 2.05) is 31.2 Å². The van der Waals surface area contributed by atoms with Crippen molar-refractivity contribution < 1.29 is 33.3 Å². The minimum Gasteiger partial charge on any atom is -0.508 e. The molecule has 5 rings (SSSR count). The van der Waals surface area contributed by atoms with E-state index in [1.165, 1.54) is 0 Å². The summed E-state index contributed by atoms with van der Waals surface area (Å²) in [6.45, 7) is 7.40. The number of aliphatic hydroxyl groups excluding tert-OH is 1. The lowest BCUT2D eigenvalue weighted by Crippen LogP contribution is -2.28. The molecule has 1 aliphatic carbocycles. The van der Waals surface area contributed by atoms with E-state index in [0.717, 1.165) is 5.56 Å². The molecule has 1 aromatic heterocycles. The standard InChI is InChI=1S/C32H28O7/c1-5-37-32(35)28-18(2)16-26-30(29(28)20-10-12-21(36-4)13-11-20)31(34)27(39-26)17-22-14-15-25(38-22)24-9-7-6-8-23(24)19(3)33/h6-17,29-30,33H,3,5H2,1-2,4H3/b27-17-. The molecule has 0 radical (unpaired) electrons. The van der Waals surface area contributed by atoms with Crippen molar-refractivity contribution in [2.45, 2.75) is 19.8 Å². The summed E-state index contributed by atoms with van der Waals surface area (Å²) >= 11 is 0. The van der Waals surface area contributed by atoms with E-state index < -0.39 is 17.8 Å². The highest BCUT2D eigenvalue weighted by atomic mass is 16.5. The van der Waals surface area contributed by atoms with Crippen molar-refractivity contribution in [3.63, 3.8) is 0 Å². The molecule has 2 aliphatic rings. The second-order valence-corrected chi connectivity index (χ2v) is 9.26. The smallest absolute Gasteiger partial charge is 0.334 e. The number of esters is 1. The van der Waals surface area contributed by atoms with Gasteiger partial charge in [0.05, 0.1) is 19.6 Å². The maximum absolute atomic E-state index is 13.8. The number of aliphatic hydroxyl groups is 1. The molecule has 198 valence electrons. The molecule has 0 spiro atoms. The number of furan rings is 1. The summed E-state index contributed by atoms with van der Waals surface area (Å²) in [5.74, 6) is 0.0264. The highest BCUT2D eigenvalue weighted by molar-refractivity contribution is 6.06. The van der Waals surface area contributed by atoms with Gasteiger partial charge in [-0.1, -0.05) is 43.0 Å². The number of rotatable bonds is 7. The fourth-order valence-corrected chi connectivity index (χ4v) is 5.08. The van der Waals surface area contributed by atoms with Crippen LogP contribution in [0.25, 0.3) is 23.2 Å². The second kappa shape index (κ2) is 10.5.